The molecule has 5 heteroatoms. The number of carbonyl (C=O) groups is 1. The summed E-state index contributed by atoms with van der Waals surface area (Å²) in [6, 6.07) is 8.22. The van der Waals surface area contributed by atoms with Crippen LogP contribution in [0.3, 0.4) is 0 Å². The monoisotopic (exact) mass is 296 g/mol. The third-order valence-corrected chi connectivity index (χ3v) is 4.24. The number of hydrogen-bond donors (Lipinski definition) is 2. The standard InChI is InChI=1S/C14H16N2OS.ClH/c17-14(16-12-2-1-6-15-9-12)11-3-4-13-10(8-11)5-7-18-13;/h3-5,7-8,12,15H,1-2,6,9H2,(H,16,17);1H/t12-;/m0./s1. The molecule has 0 aliphatic carbocycles. The summed E-state index contributed by atoms with van der Waals surface area (Å²) in [5, 5.41) is 9.60. The molecule has 1 aromatic heterocycles. The Hall–Kier alpha value is -1.10. The molecule has 1 aliphatic rings. The van der Waals surface area contributed by atoms with Crippen molar-refractivity contribution in [3.63, 3.8) is 0 Å². The second-order valence-corrected chi connectivity index (χ2v) is 5.64. The lowest BCUT2D eigenvalue weighted by Gasteiger charge is -2.23. The lowest BCUT2D eigenvalue weighted by atomic mass is 10.1. The molecule has 3 rings (SSSR count). The zero-order chi connectivity index (χ0) is 12.4. The highest BCUT2D eigenvalue weighted by atomic mass is 35.5. The van der Waals surface area contributed by atoms with Crippen LogP contribution in [0, 0.1) is 0 Å². The van der Waals surface area contributed by atoms with Crippen LogP contribution in [-0.4, -0.2) is 25.0 Å². The lowest BCUT2D eigenvalue weighted by Crippen LogP contribution is -2.45. The van der Waals surface area contributed by atoms with Crippen LogP contribution in [0.5, 0.6) is 0 Å². The lowest BCUT2D eigenvalue weighted by molar-refractivity contribution is 0.0931. The van der Waals surface area contributed by atoms with Gasteiger partial charge in [0.1, 0.15) is 0 Å². The van der Waals surface area contributed by atoms with Crippen LogP contribution in [0.1, 0.15) is 23.2 Å². The van der Waals surface area contributed by atoms with Gasteiger partial charge in [-0.25, -0.2) is 0 Å². The van der Waals surface area contributed by atoms with Crippen LogP contribution in [-0.2, 0) is 0 Å². The van der Waals surface area contributed by atoms with E-state index in [2.05, 4.69) is 22.1 Å². The predicted molar refractivity (Wildman–Crippen MR) is 82.4 cm³/mol. The highest BCUT2D eigenvalue weighted by Crippen LogP contribution is 2.21. The molecule has 1 amide bonds. The van der Waals surface area contributed by atoms with E-state index in [0.29, 0.717) is 0 Å². The van der Waals surface area contributed by atoms with Gasteiger partial charge in [0, 0.05) is 22.8 Å². The van der Waals surface area contributed by atoms with Gasteiger partial charge in [-0.05, 0) is 54.4 Å². The maximum absolute atomic E-state index is 12.1. The SMILES string of the molecule is Cl.O=C(N[C@H]1CCCNC1)c1ccc2sccc2c1. The van der Waals surface area contributed by atoms with Gasteiger partial charge < -0.3 is 10.6 Å². The highest BCUT2D eigenvalue weighted by molar-refractivity contribution is 7.17. The zero-order valence-corrected chi connectivity index (χ0v) is 12.2. The Labute approximate surface area is 122 Å². The molecule has 2 heterocycles. The molecule has 0 bridgehead atoms. The van der Waals surface area contributed by atoms with E-state index in [0.717, 1.165) is 36.9 Å². The van der Waals surface area contributed by atoms with Crippen LogP contribution in [0.2, 0.25) is 0 Å². The molecule has 1 aliphatic heterocycles. The number of rotatable bonds is 2. The van der Waals surface area contributed by atoms with Gasteiger partial charge in [-0.1, -0.05) is 0 Å². The van der Waals surface area contributed by atoms with Crippen LogP contribution in [0.15, 0.2) is 29.6 Å². The van der Waals surface area contributed by atoms with Gasteiger partial charge in [0.15, 0.2) is 0 Å². The topological polar surface area (TPSA) is 41.1 Å². The van der Waals surface area contributed by atoms with E-state index in [1.807, 2.05) is 18.2 Å². The van der Waals surface area contributed by atoms with Gasteiger partial charge in [0.25, 0.3) is 5.91 Å². The van der Waals surface area contributed by atoms with Crippen LogP contribution in [0.4, 0.5) is 0 Å². The van der Waals surface area contributed by atoms with Gasteiger partial charge in [0.2, 0.25) is 0 Å². The third-order valence-electron chi connectivity index (χ3n) is 3.35. The first kappa shape index (κ1) is 14.3. The van der Waals surface area contributed by atoms with Crippen molar-refractivity contribution >= 4 is 39.7 Å². The minimum absolute atomic E-state index is 0. The predicted octanol–water partition coefficient (Wildman–Crippen LogP) is 2.80. The van der Waals surface area contributed by atoms with Gasteiger partial charge >= 0.3 is 0 Å². The highest BCUT2D eigenvalue weighted by Gasteiger charge is 2.16. The van der Waals surface area contributed by atoms with Crippen molar-refractivity contribution in [2.75, 3.05) is 13.1 Å². The molecule has 0 saturated carbocycles. The minimum Gasteiger partial charge on any atom is -0.348 e. The van der Waals surface area contributed by atoms with Crippen molar-refractivity contribution in [3.8, 4) is 0 Å². The molecule has 2 aromatic rings. The summed E-state index contributed by atoms with van der Waals surface area (Å²) in [7, 11) is 0. The van der Waals surface area contributed by atoms with Crippen molar-refractivity contribution in [2.24, 2.45) is 0 Å². The molecule has 0 unspecified atom stereocenters. The number of thiophene rings is 1. The second kappa shape index (κ2) is 6.37. The van der Waals surface area contributed by atoms with Gasteiger partial charge in [0.05, 0.1) is 0 Å². The van der Waals surface area contributed by atoms with Crippen LogP contribution < -0.4 is 10.6 Å². The quantitative estimate of drug-likeness (QED) is 0.895. The number of benzene rings is 1. The fourth-order valence-electron chi connectivity index (χ4n) is 2.35. The van der Waals surface area contributed by atoms with E-state index in [1.165, 1.54) is 4.70 Å². The van der Waals surface area contributed by atoms with Gasteiger partial charge in [-0.2, -0.15) is 0 Å². The Bertz CT molecular complexity index is 563. The molecule has 1 saturated heterocycles. The second-order valence-electron chi connectivity index (χ2n) is 4.69. The summed E-state index contributed by atoms with van der Waals surface area (Å²) < 4.78 is 1.23. The van der Waals surface area contributed by atoms with Crippen molar-refractivity contribution in [1.29, 1.82) is 0 Å². The van der Waals surface area contributed by atoms with Gasteiger partial charge in [-0.15, -0.1) is 23.7 Å². The zero-order valence-electron chi connectivity index (χ0n) is 10.5. The third kappa shape index (κ3) is 3.26. The van der Waals surface area contributed by atoms with Crippen LogP contribution >= 0.6 is 23.7 Å². The largest absolute Gasteiger partial charge is 0.348 e. The molecule has 0 spiro atoms. The fourth-order valence-corrected chi connectivity index (χ4v) is 3.12. The van der Waals surface area contributed by atoms with Crippen molar-refractivity contribution < 1.29 is 4.79 Å². The number of hydrogen-bond acceptors (Lipinski definition) is 3. The van der Waals surface area contributed by atoms with E-state index < -0.39 is 0 Å². The molecule has 1 fully saturated rings. The van der Waals surface area contributed by atoms with E-state index in [-0.39, 0.29) is 24.4 Å². The average molecular weight is 297 g/mol. The Morgan fingerprint density at radius 1 is 1.37 bits per heavy atom. The smallest absolute Gasteiger partial charge is 0.251 e. The van der Waals surface area contributed by atoms with E-state index >= 15 is 0 Å². The minimum atomic E-state index is 0. The Balaban J connectivity index is 0.00000133. The number of fused-ring (bicyclic) bond motifs is 1. The molecule has 102 valence electrons. The van der Waals surface area contributed by atoms with Crippen molar-refractivity contribution in [2.45, 2.75) is 18.9 Å². The maximum atomic E-state index is 12.1. The summed E-state index contributed by atoms with van der Waals surface area (Å²) in [6.07, 6.45) is 2.20. The van der Waals surface area contributed by atoms with Crippen molar-refractivity contribution in [3.05, 3.63) is 35.2 Å². The molecular weight excluding hydrogens is 280 g/mol. The molecule has 19 heavy (non-hydrogen) atoms. The molecule has 1 atom stereocenters. The Kier molecular flexibility index (Phi) is 4.80. The fraction of sp³-hybridized carbons (Fsp3) is 0.357. The molecule has 1 aromatic carbocycles. The van der Waals surface area contributed by atoms with E-state index in [9.17, 15) is 4.79 Å². The van der Waals surface area contributed by atoms with Crippen molar-refractivity contribution in [1.82, 2.24) is 10.6 Å². The van der Waals surface area contributed by atoms with E-state index in [1.54, 1.807) is 11.3 Å². The first-order valence-electron chi connectivity index (χ1n) is 6.32. The summed E-state index contributed by atoms with van der Waals surface area (Å²) in [6.45, 7) is 1.94. The van der Waals surface area contributed by atoms with E-state index in [4.69, 9.17) is 0 Å². The molecule has 0 radical (unpaired) electrons. The normalized spacial score (nSPS) is 18.8. The number of amides is 1. The molecule has 2 N–H and O–H groups in total. The number of piperidine rings is 1. The summed E-state index contributed by atoms with van der Waals surface area (Å²) in [5.41, 5.74) is 0.756. The summed E-state index contributed by atoms with van der Waals surface area (Å²) in [5.74, 6) is 0.0387. The van der Waals surface area contributed by atoms with Gasteiger partial charge in [-0.3, -0.25) is 4.79 Å². The Morgan fingerprint density at radius 2 is 2.26 bits per heavy atom. The average Bonchev–Trinajstić information content (AvgIpc) is 2.87. The number of carbonyl (C=O) groups excluding carboxylic acids is 1. The molecular formula is C14H17ClN2OS. The summed E-state index contributed by atoms with van der Waals surface area (Å²) in [4.78, 5) is 12.1. The first-order valence-corrected chi connectivity index (χ1v) is 7.20. The number of halogens is 1. The maximum Gasteiger partial charge on any atom is 0.251 e. The Morgan fingerprint density at radius 3 is 3.05 bits per heavy atom. The van der Waals surface area contributed by atoms with Crippen LogP contribution in [0.25, 0.3) is 10.1 Å². The summed E-state index contributed by atoms with van der Waals surface area (Å²) >= 11 is 1.70. The number of nitrogens with one attached hydrogen (secondary N) is 2. The molecule has 3 nitrogen and oxygen atoms in total. The first-order chi connectivity index (χ1) is 8.83.